The van der Waals surface area contributed by atoms with E-state index in [0.717, 1.165) is 12.0 Å². The molecule has 1 unspecified atom stereocenters. The number of carbonyl (C=O) groups is 1. The van der Waals surface area contributed by atoms with Crippen molar-refractivity contribution in [1.29, 1.82) is 0 Å². The number of ether oxygens (including phenoxy) is 2. The fourth-order valence-electron chi connectivity index (χ4n) is 2.32. The summed E-state index contributed by atoms with van der Waals surface area (Å²) in [6, 6.07) is 7.56. The molecule has 1 amide bonds. The molecule has 0 fully saturated rings. The van der Waals surface area contributed by atoms with Gasteiger partial charge in [0.1, 0.15) is 5.69 Å². The molecule has 0 radical (unpaired) electrons. The van der Waals surface area contributed by atoms with Gasteiger partial charge in [-0.05, 0) is 43.5 Å². The second-order valence-corrected chi connectivity index (χ2v) is 5.91. The van der Waals surface area contributed by atoms with Gasteiger partial charge in [-0.2, -0.15) is 0 Å². The normalized spacial score (nSPS) is 11.5. The summed E-state index contributed by atoms with van der Waals surface area (Å²) in [4.78, 5) is 20.7. The van der Waals surface area contributed by atoms with Crippen molar-refractivity contribution in [2.75, 3.05) is 26.1 Å². The molecule has 0 aliphatic rings. The minimum absolute atomic E-state index is 0.222. The summed E-state index contributed by atoms with van der Waals surface area (Å²) in [7, 11) is 3.20. The quantitative estimate of drug-likeness (QED) is 0.717. The van der Waals surface area contributed by atoms with Crippen molar-refractivity contribution in [1.82, 2.24) is 15.3 Å². The first-order valence-corrected chi connectivity index (χ1v) is 8.66. The van der Waals surface area contributed by atoms with Crippen LogP contribution in [0.2, 0.25) is 0 Å². The fraction of sp³-hybridized carbons (Fsp3) is 0.421. The summed E-state index contributed by atoms with van der Waals surface area (Å²) >= 11 is 0. The van der Waals surface area contributed by atoms with Crippen LogP contribution < -0.4 is 20.1 Å². The van der Waals surface area contributed by atoms with Crippen molar-refractivity contribution < 1.29 is 14.3 Å². The lowest BCUT2D eigenvalue weighted by Gasteiger charge is -2.12. The molecular weight excluding hydrogens is 332 g/mol. The predicted molar refractivity (Wildman–Crippen MR) is 101 cm³/mol. The lowest BCUT2D eigenvalue weighted by atomic mass is 10.1. The molecule has 2 rings (SSSR count). The Labute approximate surface area is 154 Å². The van der Waals surface area contributed by atoms with Gasteiger partial charge in [0, 0.05) is 18.8 Å². The van der Waals surface area contributed by atoms with Crippen LogP contribution in [0.5, 0.6) is 11.5 Å². The van der Waals surface area contributed by atoms with Gasteiger partial charge in [-0.3, -0.25) is 4.79 Å². The van der Waals surface area contributed by atoms with Crippen LogP contribution in [-0.2, 0) is 6.42 Å². The topological polar surface area (TPSA) is 85.4 Å². The van der Waals surface area contributed by atoms with Crippen molar-refractivity contribution in [2.24, 2.45) is 0 Å². The van der Waals surface area contributed by atoms with Crippen molar-refractivity contribution >= 4 is 11.9 Å². The smallest absolute Gasteiger partial charge is 0.270 e. The third-order valence-electron chi connectivity index (χ3n) is 4.02. The Kier molecular flexibility index (Phi) is 7.20. The van der Waals surface area contributed by atoms with Crippen molar-refractivity contribution in [2.45, 2.75) is 32.7 Å². The van der Waals surface area contributed by atoms with Crippen LogP contribution >= 0.6 is 0 Å². The zero-order valence-corrected chi connectivity index (χ0v) is 15.7. The number of rotatable bonds is 9. The number of carbonyl (C=O) groups excluding carboxylic acids is 1. The zero-order chi connectivity index (χ0) is 18.9. The number of nitrogens with zero attached hydrogens (tertiary/aromatic N) is 2. The maximum Gasteiger partial charge on any atom is 0.270 e. The van der Waals surface area contributed by atoms with E-state index in [4.69, 9.17) is 9.47 Å². The summed E-state index contributed by atoms with van der Waals surface area (Å²) < 4.78 is 10.5. The Morgan fingerprint density at radius 1 is 1.19 bits per heavy atom. The molecule has 2 aromatic rings. The number of aromatic nitrogens is 2. The van der Waals surface area contributed by atoms with Crippen LogP contribution in [0.1, 0.15) is 36.3 Å². The van der Waals surface area contributed by atoms with Gasteiger partial charge in [0.2, 0.25) is 5.95 Å². The minimum atomic E-state index is -0.222. The molecule has 0 aliphatic carbocycles. The summed E-state index contributed by atoms with van der Waals surface area (Å²) in [5.74, 6) is 1.60. The van der Waals surface area contributed by atoms with Gasteiger partial charge in [0.05, 0.1) is 14.2 Å². The maximum absolute atomic E-state index is 12.3. The third-order valence-corrected chi connectivity index (χ3v) is 4.02. The average molecular weight is 358 g/mol. The van der Waals surface area contributed by atoms with Gasteiger partial charge < -0.3 is 20.1 Å². The highest BCUT2D eigenvalue weighted by molar-refractivity contribution is 5.92. The molecule has 1 aromatic carbocycles. The van der Waals surface area contributed by atoms with E-state index in [-0.39, 0.29) is 11.9 Å². The summed E-state index contributed by atoms with van der Waals surface area (Å²) in [5, 5.41) is 6.04. The predicted octanol–water partition coefficient (Wildman–Crippen LogP) is 2.68. The van der Waals surface area contributed by atoms with Crippen LogP contribution in [0.15, 0.2) is 30.5 Å². The Hall–Kier alpha value is -2.83. The van der Waals surface area contributed by atoms with E-state index in [2.05, 4.69) is 27.5 Å². The van der Waals surface area contributed by atoms with Crippen LogP contribution in [-0.4, -0.2) is 42.7 Å². The molecule has 1 atom stereocenters. The number of anilines is 1. The highest BCUT2D eigenvalue weighted by Crippen LogP contribution is 2.27. The second kappa shape index (κ2) is 9.60. The Morgan fingerprint density at radius 3 is 2.65 bits per heavy atom. The van der Waals surface area contributed by atoms with Crippen LogP contribution in [0, 0.1) is 0 Å². The summed E-state index contributed by atoms with van der Waals surface area (Å²) in [5.41, 5.74) is 1.39. The molecule has 7 heteroatoms. The molecule has 1 aromatic heterocycles. The summed E-state index contributed by atoms with van der Waals surface area (Å²) in [6.45, 7) is 4.61. The Bertz CT molecular complexity index is 736. The van der Waals surface area contributed by atoms with E-state index in [0.29, 0.717) is 36.1 Å². The largest absolute Gasteiger partial charge is 0.493 e. The number of hydrogen-bond acceptors (Lipinski definition) is 6. The number of amides is 1. The van der Waals surface area contributed by atoms with Crippen molar-refractivity contribution in [3.63, 3.8) is 0 Å². The molecule has 26 heavy (non-hydrogen) atoms. The van der Waals surface area contributed by atoms with Gasteiger partial charge in [-0.1, -0.05) is 13.0 Å². The zero-order valence-electron chi connectivity index (χ0n) is 15.7. The molecule has 0 spiro atoms. The van der Waals surface area contributed by atoms with Gasteiger partial charge in [0.15, 0.2) is 11.5 Å². The lowest BCUT2D eigenvalue weighted by Crippen LogP contribution is -2.27. The fourth-order valence-corrected chi connectivity index (χ4v) is 2.32. The first-order chi connectivity index (χ1) is 12.6. The molecule has 0 saturated heterocycles. The number of hydrogen-bond donors (Lipinski definition) is 2. The highest BCUT2D eigenvalue weighted by atomic mass is 16.5. The maximum atomic E-state index is 12.3. The standard InChI is InChI=1S/C19H26N4O3/c1-5-13(2)22-19-21-11-9-15(23-19)18(24)20-10-8-14-6-7-16(25-3)17(12-14)26-4/h6-7,9,11-13H,5,8,10H2,1-4H3,(H,20,24)(H,21,22,23). The van der Waals surface area contributed by atoms with E-state index in [9.17, 15) is 4.79 Å². The van der Waals surface area contributed by atoms with Gasteiger partial charge >= 0.3 is 0 Å². The number of nitrogens with one attached hydrogen (secondary N) is 2. The van der Waals surface area contributed by atoms with Gasteiger partial charge in [-0.25, -0.2) is 9.97 Å². The molecule has 1 heterocycles. The number of methoxy groups -OCH3 is 2. The van der Waals surface area contributed by atoms with Crippen LogP contribution in [0.3, 0.4) is 0 Å². The molecule has 0 bridgehead atoms. The van der Waals surface area contributed by atoms with Crippen molar-refractivity contribution in [3.05, 3.63) is 41.7 Å². The minimum Gasteiger partial charge on any atom is -0.493 e. The first-order valence-electron chi connectivity index (χ1n) is 8.66. The monoisotopic (exact) mass is 358 g/mol. The number of benzene rings is 1. The highest BCUT2D eigenvalue weighted by Gasteiger charge is 2.10. The van der Waals surface area contributed by atoms with E-state index in [1.54, 1.807) is 26.5 Å². The summed E-state index contributed by atoms with van der Waals surface area (Å²) in [6.07, 6.45) is 3.21. The average Bonchev–Trinajstić information content (AvgIpc) is 2.67. The van der Waals surface area contributed by atoms with Crippen LogP contribution in [0.4, 0.5) is 5.95 Å². The Balaban J connectivity index is 1.92. The van der Waals surface area contributed by atoms with E-state index < -0.39 is 0 Å². The molecular formula is C19H26N4O3. The molecule has 2 N–H and O–H groups in total. The molecule has 0 saturated carbocycles. The van der Waals surface area contributed by atoms with E-state index in [1.807, 2.05) is 25.1 Å². The van der Waals surface area contributed by atoms with E-state index >= 15 is 0 Å². The lowest BCUT2D eigenvalue weighted by molar-refractivity contribution is 0.0949. The Morgan fingerprint density at radius 2 is 1.96 bits per heavy atom. The van der Waals surface area contributed by atoms with Crippen molar-refractivity contribution in [3.8, 4) is 11.5 Å². The van der Waals surface area contributed by atoms with Gasteiger partial charge in [0.25, 0.3) is 5.91 Å². The molecule has 7 nitrogen and oxygen atoms in total. The SMILES string of the molecule is CCC(C)Nc1nccc(C(=O)NCCc2ccc(OC)c(OC)c2)n1. The molecule has 140 valence electrons. The second-order valence-electron chi connectivity index (χ2n) is 5.91. The third kappa shape index (κ3) is 5.34. The first kappa shape index (κ1) is 19.5. The van der Waals surface area contributed by atoms with E-state index in [1.165, 1.54) is 0 Å². The van der Waals surface area contributed by atoms with Gasteiger partial charge in [-0.15, -0.1) is 0 Å². The molecule has 0 aliphatic heterocycles. The van der Waals surface area contributed by atoms with Crippen LogP contribution in [0.25, 0.3) is 0 Å².